The molecule has 0 aromatic heterocycles. The van der Waals surface area contributed by atoms with Gasteiger partial charge in [0.2, 0.25) is 5.91 Å². The Bertz CT molecular complexity index is 1680. The highest BCUT2D eigenvalue weighted by Crippen LogP contribution is 2.60. The molecule has 0 saturated carbocycles. The molecular weight excluding hydrogens is 613 g/mol. The first-order chi connectivity index (χ1) is 22.4. The maximum atomic E-state index is 14.4. The molecule has 248 valence electrons. The molecule has 3 heterocycles. The fourth-order valence-corrected chi connectivity index (χ4v) is 12.2. The number of fused-ring (bicyclic) bond motifs is 2. The van der Waals surface area contributed by atoms with E-state index >= 15 is 0 Å². The van der Waals surface area contributed by atoms with Gasteiger partial charge in [0.15, 0.2) is 5.60 Å². The fourth-order valence-electron chi connectivity index (χ4n) is 8.18. The second kappa shape index (κ2) is 12.4. The Kier molecular flexibility index (Phi) is 8.66. The van der Waals surface area contributed by atoms with Gasteiger partial charge in [0.05, 0.1) is 46.0 Å². The lowest BCUT2D eigenvalue weighted by atomic mass is 9.82. The largest absolute Gasteiger partial charge is 0.497 e. The number of anilines is 3. The van der Waals surface area contributed by atoms with Crippen molar-refractivity contribution in [1.82, 2.24) is 4.90 Å². The van der Waals surface area contributed by atoms with Crippen molar-refractivity contribution in [2.45, 2.75) is 62.6 Å². The Labute approximate surface area is 276 Å². The third-order valence-corrected chi connectivity index (χ3v) is 15.0. The normalized spacial score (nSPS) is 25.4. The molecule has 3 amide bonds. The van der Waals surface area contributed by atoms with Crippen LogP contribution in [0.5, 0.6) is 5.75 Å². The lowest BCUT2D eigenvalue weighted by Crippen LogP contribution is -2.52. The first-order valence-electron chi connectivity index (χ1n) is 16.2. The van der Waals surface area contributed by atoms with Crippen LogP contribution in [0.15, 0.2) is 66.7 Å². The van der Waals surface area contributed by atoms with Gasteiger partial charge in [-0.3, -0.25) is 14.4 Å². The Balaban J connectivity index is 1.40. The van der Waals surface area contributed by atoms with E-state index < -0.39 is 19.8 Å². The van der Waals surface area contributed by atoms with E-state index in [0.717, 1.165) is 18.6 Å². The Hall–Kier alpha value is -4.19. The van der Waals surface area contributed by atoms with Gasteiger partial charge < -0.3 is 35.4 Å². The zero-order chi connectivity index (χ0) is 33.7. The number of nitrogens with zero attached hydrogens (tertiary/aromatic N) is 2. The van der Waals surface area contributed by atoms with E-state index in [-0.39, 0.29) is 48.3 Å². The van der Waals surface area contributed by atoms with Crippen LogP contribution in [-0.2, 0) is 19.9 Å². The van der Waals surface area contributed by atoms with E-state index in [4.69, 9.17) is 15.2 Å². The number of rotatable bonds is 8. The SMILES string of the molecule is COc1ccc([Si](C)(C)[C@@H]2[C@@H](CC(=O)N3CCC[C@H]3CO)O[C@]3(C(=O)N(C)c4ccc(NC(=O)c5ccc(N)cc5)cc43)[C@H]2C)cc1. The molecule has 10 nitrogen and oxygen atoms in total. The van der Waals surface area contributed by atoms with Gasteiger partial charge in [-0.05, 0) is 73.0 Å². The van der Waals surface area contributed by atoms with Gasteiger partial charge in [-0.2, -0.15) is 0 Å². The molecule has 0 radical (unpaired) electrons. The quantitative estimate of drug-likeness (QED) is 0.246. The summed E-state index contributed by atoms with van der Waals surface area (Å²) < 4.78 is 12.5. The maximum absolute atomic E-state index is 14.4. The molecule has 0 aliphatic carbocycles. The van der Waals surface area contributed by atoms with E-state index in [9.17, 15) is 19.5 Å². The molecule has 0 unspecified atom stereocenters. The molecule has 3 aromatic carbocycles. The highest BCUT2D eigenvalue weighted by Gasteiger charge is 2.66. The van der Waals surface area contributed by atoms with Crippen LogP contribution in [0.25, 0.3) is 0 Å². The van der Waals surface area contributed by atoms with Crippen LogP contribution in [0, 0.1) is 5.92 Å². The maximum Gasteiger partial charge on any atom is 0.264 e. The van der Waals surface area contributed by atoms with E-state index in [1.165, 1.54) is 5.19 Å². The number of benzene rings is 3. The summed E-state index contributed by atoms with van der Waals surface area (Å²) in [5.74, 6) is -0.0811. The van der Waals surface area contributed by atoms with Gasteiger partial charge in [-0.15, -0.1) is 0 Å². The van der Waals surface area contributed by atoms with Crippen molar-refractivity contribution < 1.29 is 29.0 Å². The lowest BCUT2D eigenvalue weighted by molar-refractivity contribution is -0.149. The minimum Gasteiger partial charge on any atom is -0.497 e. The van der Waals surface area contributed by atoms with Crippen molar-refractivity contribution >= 4 is 48.0 Å². The Morgan fingerprint density at radius 3 is 2.47 bits per heavy atom. The smallest absolute Gasteiger partial charge is 0.264 e. The van der Waals surface area contributed by atoms with Gasteiger partial charge in [0.1, 0.15) is 5.75 Å². The van der Waals surface area contributed by atoms with Crippen molar-refractivity contribution in [3.05, 3.63) is 77.9 Å². The summed E-state index contributed by atoms with van der Waals surface area (Å²) in [4.78, 5) is 44.9. The highest BCUT2D eigenvalue weighted by atomic mass is 28.3. The number of amides is 3. The number of likely N-dealkylation sites (tertiary alicyclic amines) is 1. The molecule has 3 aliphatic heterocycles. The number of ether oxygens (including phenoxy) is 2. The van der Waals surface area contributed by atoms with E-state index in [2.05, 4.69) is 37.5 Å². The monoisotopic (exact) mass is 656 g/mol. The molecular formula is C36H44N4O6Si. The summed E-state index contributed by atoms with van der Waals surface area (Å²) in [6, 6.07) is 20.0. The van der Waals surface area contributed by atoms with E-state index in [1.54, 1.807) is 54.3 Å². The summed E-state index contributed by atoms with van der Waals surface area (Å²) in [6.07, 6.45) is 1.18. The molecule has 1 spiro atoms. The number of aliphatic hydroxyl groups excluding tert-OH is 1. The second-order valence-corrected chi connectivity index (χ2v) is 18.3. The van der Waals surface area contributed by atoms with E-state index in [0.29, 0.717) is 34.7 Å². The van der Waals surface area contributed by atoms with Crippen LogP contribution in [0.3, 0.4) is 0 Å². The van der Waals surface area contributed by atoms with Gasteiger partial charge >= 0.3 is 0 Å². The molecule has 6 rings (SSSR count). The van der Waals surface area contributed by atoms with Crippen molar-refractivity contribution in [3.8, 4) is 5.75 Å². The highest BCUT2D eigenvalue weighted by molar-refractivity contribution is 6.91. The van der Waals surface area contributed by atoms with Crippen LogP contribution in [-0.4, -0.2) is 75.3 Å². The van der Waals surface area contributed by atoms with Crippen LogP contribution in [0.4, 0.5) is 17.1 Å². The number of nitrogen functional groups attached to an aromatic ring is 1. The molecule has 11 heteroatoms. The van der Waals surface area contributed by atoms with Crippen molar-refractivity contribution in [1.29, 1.82) is 0 Å². The zero-order valence-corrected chi connectivity index (χ0v) is 28.7. The van der Waals surface area contributed by atoms with Gasteiger partial charge in [-0.25, -0.2) is 0 Å². The van der Waals surface area contributed by atoms with Crippen LogP contribution >= 0.6 is 0 Å². The second-order valence-electron chi connectivity index (χ2n) is 13.6. The minimum atomic E-state index is -2.45. The number of likely N-dealkylation sites (N-methyl/N-ethyl adjacent to an activating group) is 1. The summed E-state index contributed by atoms with van der Waals surface area (Å²) >= 11 is 0. The summed E-state index contributed by atoms with van der Waals surface area (Å²) in [5, 5.41) is 14.1. The van der Waals surface area contributed by atoms with Crippen molar-refractivity contribution in [3.63, 3.8) is 0 Å². The standard InChI is InChI=1S/C36H44N4O6Si/c1-22-33(47(4,5)28-15-13-27(45-3)14-16-28)31(20-32(42)40-18-6-7-26(40)21-41)46-36(22)29-19-25(12-17-30(29)39(2)35(36)44)38-34(43)23-8-10-24(37)11-9-23/h8-17,19,22,26,31,33,41H,6-7,18,20-21,37H2,1-5H3,(H,38,43)/t22-,26-,31+,33-,36+/m0/s1. The number of aliphatic hydroxyl groups is 1. The minimum absolute atomic E-state index is 0.0659. The first-order valence-corrected chi connectivity index (χ1v) is 19.3. The number of hydrogen-bond acceptors (Lipinski definition) is 7. The van der Waals surface area contributed by atoms with Crippen molar-refractivity contribution in [2.75, 3.05) is 43.3 Å². The number of nitrogens with one attached hydrogen (secondary N) is 1. The summed E-state index contributed by atoms with van der Waals surface area (Å²) in [5.41, 5.74) is 7.30. The predicted octanol–water partition coefficient (Wildman–Crippen LogP) is 4.10. The molecule has 3 aromatic rings. The van der Waals surface area contributed by atoms with Crippen LogP contribution in [0.1, 0.15) is 42.1 Å². The average Bonchev–Trinajstić information content (AvgIpc) is 3.72. The van der Waals surface area contributed by atoms with Crippen molar-refractivity contribution in [2.24, 2.45) is 5.92 Å². The van der Waals surface area contributed by atoms with Gasteiger partial charge in [0.25, 0.3) is 11.8 Å². The molecule has 47 heavy (non-hydrogen) atoms. The number of methoxy groups -OCH3 is 1. The van der Waals surface area contributed by atoms with Gasteiger partial charge in [0, 0.05) is 42.0 Å². The third kappa shape index (κ3) is 5.49. The van der Waals surface area contributed by atoms with Gasteiger partial charge in [-0.1, -0.05) is 37.3 Å². The lowest BCUT2D eigenvalue weighted by Gasteiger charge is -2.37. The Morgan fingerprint density at radius 1 is 1.11 bits per heavy atom. The number of carbonyl (C=O) groups is 3. The molecule has 3 aliphatic rings. The Morgan fingerprint density at radius 2 is 1.81 bits per heavy atom. The average molecular weight is 657 g/mol. The predicted molar refractivity (Wildman–Crippen MR) is 185 cm³/mol. The molecule has 2 saturated heterocycles. The fraction of sp³-hybridized carbons (Fsp3) is 0.417. The number of hydrogen-bond donors (Lipinski definition) is 3. The van der Waals surface area contributed by atoms with E-state index in [1.807, 2.05) is 24.3 Å². The van der Waals surface area contributed by atoms with Crippen LogP contribution < -0.4 is 25.9 Å². The first kappa shape index (κ1) is 32.7. The number of nitrogens with two attached hydrogens (primary N) is 1. The summed E-state index contributed by atoms with van der Waals surface area (Å²) in [7, 11) is 0.937. The topological polar surface area (TPSA) is 134 Å². The molecule has 4 N–H and O–H groups in total. The molecule has 2 fully saturated rings. The number of carbonyl (C=O) groups excluding carboxylic acids is 3. The summed E-state index contributed by atoms with van der Waals surface area (Å²) in [6.45, 7) is 7.14. The zero-order valence-electron chi connectivity index (χ0n) is 27.7. The third-order valence-electron chi connectivity index (χ3n) is 10.7. The van der Waals surface area contributed by atoms with Crippen LogP contribution in [0.2, 0.25) is 18.6 Å². The molecule has 5 atom stereocenters. The molecule has 0 bridgehead atoms.